The van der Waals surface area contributed by atoms with E-state index in [4.69, 9.17) is 9.47 Å². The molecule has 0 heterocycles. The third kappa shape index (κ3) is 2.83. The van der Waals surface area contributed by atoms with E-state index in [0.717, 1.165) is 37.5 Å². The predicted octanol–water partition coefficient (Wildman–Crippen LogP) is 4.38. The first-order valence-electron chi connectivity index (χ1n) is 10.2. The number of hydrogen-bond donors (Lipinski definition) is 0. The summed E-state index contributed by atoms with van der Waals surface area (Å²) < 4.78 is 11.6. The molecule has 0 saturated heterocycles. The lowest BCUT2D eigenvalue weighted by Gasteiger charge is -2.23. The molecule has 4 aliphatic carbocycles. The molecule has 26 heavy (non-hydrogen) atoms. The Balaban J connectivity index is 1.29. The van der Waals surface area contributed by atoms with Gasteiger partial charge in [0.1, 0.15) is 12.2 Å². The van der Waals surface area contributed by atoms with Crippen molar-refractivity contribution >= 4 is 11.9 Å². The Labute approximate surface area is 154 Å². The van der Waals surface area contributed by atoms with Crippen molar-refractivity contribution in [1.82, 2.24) is 0 Å². The highest BCUT2D eigenvalue weighted by atomic mass is 16.6. The Morgan fingerprint density at radius 3 is 1.50 bits per heavy atom. The lowest BCUT2D eigenvalue weighted by atomic mass is 9.97. The van der Waals surface area contributed by atoms with E-state index in [0.29, 0.717) is 23.0 Å². The summed E-state index contributed by atoms with van der Waals surface area (Å²) in [6, 6.07) is 6.94. The van der Waals surface area contributed by atoms with Crippen LogP contribution in [0.2, 0.25) is 0 Å². The molecule has 4 nitrogen and oxygen atoms in total. The summed E-state index contributed by atoms with van der Waals surface area (Å²) >= 11 is 0. The summed E-state index contributed by atoms with van der Waals surface area (Å²) in [7, 11) is 0. The van der Waals surface area contributed by atoms with Crippen LogP contribution in [0.4, 0.5) is 0 Å². The van der Waals surface area contributed by atoms with E-state index in [1.807, 2.05) is 0 Å². The molecular formula is C22H26O4. The molecule has 4 saturated carbocycles. The number of esters is 2. The van der Waals surface area contributed by atoms with E-state index < -0.39 is 0 Å². The van der Waals surface area contributed by atoms with Gasteiger partial charge in [0.15, 0.2) is 0 Å². The van der Waals surface area contributed by atoms with Crippen molar-refractivity contribution in [2.45, 2.75) is 63.6 Å². The molecule has 0 aromatic heterocycles. The molecule has 0 aliphatic heterocycles. The largest absolute Gasteiger partial charge is 0.458 e. The summed E-state index contributed by atoms with van der Waals surface area (Å²) in [5.41, 5.74) is 0.701. The van der Waals surface area contributed by atoms with Gasteiger partial charge in [0.05, 0.1) is 11.1 Å². The quantitative estimate of drug-likeness (QED) is 0.753. The Morgan fingerprint density at radius 2 is 1.15 bits per heavy atom. The van der Waals surface area contributed by atoms with Crippen molar-refractivity contribution in [3.8, 4) is 0 Å². The van der Waals surface area contributed by atoms with Gasteiger partial charge < -0.3 is 9.47 Å². The van der Waals surface area contributed by atoms with Gasteiger partial charge in [-0.1, -0.05) is 12.1 Å². The molecule has 1 aromatic rings. The van der Waals surface area contributed by atoms with E-state index in [1.54, 1.807) is 24.3 Å². The second-order valence-electron chi connectivity index (χ2n) is 8.78. The van der Waals surface area contributed by atoms with Gasteiger partial charge in [0.2, 0.25) is 0 Å². The van der Waals surface area contributed by atoms with Crippen LogP contribution in [0.15, 0.2) is 24.3 Å². The van der Waals surface area contributed by atoms with Gasteiger partial charge in [-0.25, -0.2) is 9.59 Å². The normalized spacial score (nSPS) is 37.1. The number of rotatable bonds is 4. The van der Waals surface area contributed by atoms with Gasteiger partial charge in [-0.2, -0.15) is 0 Å². The van der Waals surface area contributed by atoms with Crippen molar-refractivity contribution in [3.63, 3.8) is 0 Å². The van der Waals surface area contributed by atoms with E-state index in [1.165, 1.54) is 25.7 Å². The molecule has 6 atom stereocenters. The molecular weight excluding hydrogens is 328 g/mol. The molecule has 4 fully saturated rings. The van der Waals surface area contributed by atoms with Crippen LogP contribution in [0.1, 0.15) is 72.1 Å². The minimum Gasteiger partial charge on any atom is -0.458 e. The minimum absolute atomic E-state index is 0.0240. The first kappa shape index (κ1) is 16.3. The highest BCUT2D eigenvalue weighted by Gasteiger charge is 2.43. The maximum Gasteiger partial charge on any atom is 0.339 e. The van der Waals surface area contributed by atoms with Crippen LogP contribution in [-0.4, -0.2) is 24.1 Å². The zero-order valence-corrected chi connectivity index (χ0v) is 15.1. The standard InChI is InChI=1S/C22H26O4/c23-21(25-19-11-13-5-7-15(19)9-13)17-3-1-2-4-18(17)22(24)26-20-12-14-6-8-16(20)10-14/h1-4,13-16,19-20H,5-12H2. The van der Waals surface area contributed by atoms with Gasteiger partial charge >= 0.3 is 11.9 Å². The fraction of sp³-hybridized carbons (Fsp3) is 0.636. The molecule has 6 unspecified atom stereocenters. The van der Waals surface area contributed by atoms with E-state index in [2.05, 4.69) is 0 Å². The van der Waals surface area contributed by atoms with Crippen LogP contribution in [0.3, 0.4) is 0 Å². The maximum atomic E-state index is 12.7. The zero-order chi connectivity index (χ0) is 17.7. The third-order valence-electron chi connectivity index (χ3n) is 7.23. The van der Waals surface area contributed by atoms with Gasteiger partial charge in [-0.3, -0.25) is 0 Å². The van der Waals surface area contributed by atoms with E-state index in [9.17, 15) is 9.59 Å². The Morgan fingerprint density at radius 1 is 0.692 bits per heavy atom. The Kier molecular flexibility index (Phi) is 4.02. The second-order valence-corrected chi connectivity index (χ2v) is 8.78. The fourth-order valence-electron chi connectivity index (χ4n) is 5.90. The first-order valence-corrected chi connectivity index (χ1v) is 10.2. The molecule has 4 heteroatoms. The molecule has 138 valence electrons. The number of fused-ring (bicyclic) bond motifs is 4. The third-order valence-corrected chi connectivity index (χ3v) is 7.23. The topological polar surface area (TPSA) is 52.6 Å². The number of ether oxygens (including phenoxy) is 2. The van der Waals surface area contributed by atoms with Crippen LogP contribution < -0.4 is 0 Å². The van der Waals surface area contributed by atoms with Crippen LogP contribution in [0.25, 0.3) is 0 Å². The fourth-order valence-corrected chi connectivity index (χ4v) is 5.90. The Bertz CT molecular complexity index is 666. The zero-order valence-electron chi connectivity index (χ0n) is 15.1. The summed E-state index contributed by atoms with van der Waals surface area (Å²) in [5.74, 6) is 1.71. The van der Waals surface area contributed by atoms with Crippen molar-refractivity contribution in [2.75, 3.05) is 0 Å². The van der Waals surface area contributed by atoms with Crippen LogP contribution >= 0.6 is 0 Å². The van der Waals surface area contributed by atoms with Crippen molar-refractivity contribution < 1.29 is 19.1 Å². The van der Waals surface area contributed by atoms with Crippen molar-refractivity contribution in [3.05, 3.63) is 35.4 Å². The maximum absolute atomic E-state index is 12.7. The van der Waals surface area contributed by atoms with Crippen molar-refractivity contribution in [1.29, 1.82) is 0 Å². The summed E-state index contributed by atoms with van der Waals surface area (Å²) in [6.07, 6.45) is 9.25. The highest BCUT2D eigenvalue weighted by molar-refractivity contribution is 6.03. The molecule has 5 rings (SSSR count). The van der Waals surface area contributed by atoms with Gasteiger partial charge in [0.25, 0.3) is 0 Å². The number of carbonyl (C=O) groups excluding carboxylic acids is 2. The van der Waals surface area contributed by atoms with Crippen LogP contribution in [-0.2, 0) is 9.47 Å². The summed E-state index contributed by atoms with van der Waals surface area (Å²) in [6.45, 7) is 0. The number of hydrogen-bond acceptors (Lipinski definition) is 4. The summed E-state index contributed by atoms with van der Waals surface area (Å²) in [4.78, 5) is 25.5. The summed E-state index contributed by atoms with van der Waals surface area (Å²) in [5, 5.41) is 0. The molecule has 4 aliphatic rings. The average molecular weight is 354 g/mol. The Hall–Kier alpha value is -1.84. The lowest BCUT2D eigenvalue weighted by Crippen LogP contribution is -2.27. The second kappa shape index (κ2) is 6.40. The van der Waals surface area contributed by atoms with Gasteiger partial charge in [0, 0.05) is 0 Å². The smallest absolute Gasteiger partial charge is 0.339 e. The minimum atomic E-state index is -0.372. The molecule has 0 spiro atoms. The monoisotopic (exact) mass is 354 g/mol. The predicted molar refractivity (Wildman–Crippen MR) is 95.7 cm³/mol. The highest BCUT2D eigenvalue weighted by Crippen LogP contribution is 2.47. The van der Waals surface area contributed by atoms with Crippen LogP contribution in [0, 0.1) is 23.7 Å². The van der Waals surface area contributed by atoms with Gasteiger partial charge in [-0.15, -0.1) is 0 Å². The van der Waals surface area contributed by atoms with Crippen LogP contribution in [0.5, 0.6) is 0 Å². The molecule has 0 N–H and O–H groups in total. The molecule has 0 amide bonds. The average Bonchev–Trinajstić information content (AvgIpc) is 3.43. The molecule has 4 bridgehead atoms. The first-order chi connectivity index (χ1) is 12.7. The van der Waals surface area contributed by atoms with Crippen molar-refractivity contribution in [2.24, 2.45) is 23.7 Å². The van der Waals surface area contributed by atoms with Gasteiger partial charge in [-0.05, 0) is 87.2 Å². The van der Waals surface area contributed by atoms with E-state index in [-0.39, 0.29) is 24.1 Å². The molecule has 1 aromatic carbocycles. The lowest BCUT2D eigenvalue weighted by molar-refractivity contribution is 0.0112. The number of benzene rings is 1. The van der Waals surface area contributed by atoms with E-state index >= 15 is 0 Å². The molecule has 0 radical (unpaired) electrons. The number of carbonyl (C=O) groups is 2. The SMILES string of the molecule is O=C(OC1CC2CCC1C2)c1ccccc1C(=O)OC1CC2CCC1C2.